The molecule has 2 N–H and O–H groups in total. The summed E-state index contributed by atoms with van der Waals surface area (Å²) in [5.74, 6) is 0.191. The van der Waals surface area contributed by atoms with Crippen LogP contribution in [0.3, 0.4) is 0 Å². The fourth-order valence-electron chi connectivity index (χ4n) is 2.67. The molecule has 1 aromatic rings. The van der Waals surface area contributed by atoms with Crippen LogP contribution in [0.15, 0.2) is 18.2 Å². The zero-order valence-electron chi connectivity index (χ0n) is 11.2. The molecular formula is C15H20ClNO2. The van der Waals surface area contributed by atoms with Crippen molar-refractivity contribution in [3.8, 4) is 0 Å². The highest BCUT2D eigenvalue weighted by molar-refractivity contribution is 6.33. The van der Waals surface area contributed by atoms with Gasteiger partial charge in [0, 0.05) is 0 Å². The van der Waals surface area contributed by atoms with Gasteiger partial charge in [0.05, 0.1) is 16.3 Å². The number of nitrogen functional groups attached to an aromatic ring is 1. The molecule has 1 aromatic carbocycles. The number of hydrogen-bond donors (Lipinski definition) is 1. The van der Waals surface area contributed by atoms with Crippen LogP contribution >= 0.6 is 11.6 Å². The number of carbonyl (C=O) groups excluding carboxylic acids is 1. The summed E-state index contributed by atoms with van der Waals surface area (Å²) in [5, 5.41) is 0.459. The Morgan fingerprint density at radius 1 is 1.42 bits per heavy atom. The zero-order valence-corrected chi connectivity index (χ0v) is 12.0. The number of benzene rings is 1. The SMILES string of the molecule is CCC1CCCCC1OC(=O)c1ccc(Cl)c(N)c1. The largest absolute Gasteiger partial charge is 0.458 e. The van der Waals surface area contributed by atoms with Crippen molar-refractivity contribution in [2.24, 2.45) is 5.92 Å². The second-order valence-electron chi connectivity index (χ2n) is 5.13. The molecule has 2 rings (SSSR count). The molecule has 4 heteroatoms. The Balaban J connectivity index is 2.05. The normalized spacial score (nSPS) is 23.1. The summed E-state index contributed by atoms with van der Waals surface area (Å²) in [6, 6.07) is 4.87. The van der Waals surface area contributed by atoms with Gasteiger partial charge in [0.2, 0.25) is 0 Å². The molecule has 1 fully saturated rings. The number of esters is 1. The standard InChI is InChI=1S/C15H20ClNO2/c1-2-10-5-3-4-6-14(10)19-15(18)11-7-8-12(16)13(17)9-11/h7-10,14H,2-6,17H2,1H3. The second-order valence-corrected chi connectivity index (χ2v) is 5.54. The number of carbonyl (C=O) groups is 1. The lowest BCUT2D eigenvalue weighted by Gasteiger charge is -2.30. The van der Waals surface area contributed by atoms with Gasteiger partial charge in [-0.3, -0.25) is 0 Å². The molecule has 0 aliphatic heterocycles. The smallest absolute Gasteiger partial charge is 0.338 e. The Bertz CT molecular complexity index is 461. The predicted molar refractivity (Wildman–Crippen MR) is 77.3 cm³/mol. The fourth-order valence-corrected chi connectivity index (χ4v) is 2.79. The molecule has 0 amide bonds. The maximum Gasteiger partial charge on any atom is 0.338 e. The zero-order chi connectivity index (χ0) is 13.8. The molecule has 19 heavy (non-hydrogen) atoms. The van der Waals surface area contributed by atoms with Gasteiger partial charge in [-0.05, 0) is 49.8 Å². The van der Waals surface area contributed by atoms with Crippen molar-refractivity contribution in [1.82, 2.24) is 0 Å². The van der Waals surface area contributed by atoms with Crippen molar-refractivity contribution < 1.29 is 9.53 Å². The van der Waals surface area contributed by atoms with E-state index in [-0.39, 0.29) is 12.1 Å². The molecule has 0 radical (unpaired) electrons. The number of hydrogen-bond acceptors (Lipinski definition) is 3. The summed E-state index contributed by atoms with van der Waals surface area (Å²) in [5.41, 5.74) is 6.59. The lowest BCUT2D eigenvalue weighted by atomic mass is 9.85. The van der Waals surface area contributed by atoms with Crippen molar-refractivity contribution in [3.63, 3.8) is 0 Å². The summed E-state index contributed by atoms with van der Waals surface area (Å²) in [7, 11) is 0. The van der Waals surface area contributed by atoms with Gasteiger partial charge in [-0.15, -0.1) is 0 Å². The molecule has 1 aliphatic carbocycles. The van der Waals surface area contributed by atoms with E-state index in [1.54, 1.807) is 18.2 Å². The van der Waals surface area contributed by atoms with E-state index in [4.69, 9.17) is 22.1 Å². The molecule has 0 bridgehead atoms. The Hall–Kier alpha value is -1.22. The monoisotopic (exact) mass is 281 g/mol. The van der Waals surface area contributed by atoms with Gasteiger partial charge in [0.25, 0.3) is 0 Å². The molecule has 0 heterocycles. The highest BCUT2D eigenvalue weighted by Crippen LogP contribution is 2.30. The fraction of sp³-hybridized carbons (Fsp3) is 0.533. The Kier molecular flexibility index (Phi) is 4.70. The molecule has 1 saturated carbocycles. The van der Waals surface area contributed by atoms with Crippen LogP contribution in [0.1, 0.15) is 49.4 Å². The topological polar surface area (TPSA) is 52.3 Å². The average molecular weight is 282 g/mol. The van der Waals surface area contributed by atoms with Gasteiger partial charge in [0.1, 0.15) is 6.10 Å². The summed E-state index contributed by atoms with van der Waals surface area (Å²) in [4.78, 5) is 12.1. The van der Waals surface area contributed by atoms with Crippen LogP contribution in [0.25, 0.3) is 0 Å². The highest BCUT2D eigenvalue weighted by Gasteiger charge is 2.27. The van der Waals surface area contributed by atoms with Crippen molar-refractivity contribution in [2.75, 3.05) is 5.73 Å². The van der Waals surface area contributed by atoms with E-state index in [2.05, 4.69) is 6.92 Å². The summed E-state index contributed by atoms with van der Waals surface area (Å²) in [6.45, 7) is 2.15. The molecule has 104 valence electrons. The maximum absolute atomic E-state index is 12.1. The van der Waals surface area contributed by atoms with E-state index >= 15 is 0 Å². The van der Waals surface area contributed by atoms with Crippen molar-refractivity contribution in [3.05, 3.63) is 28.8 Å². The van der Waals surface area contributed by atoms with Crippen LogP contribution in [0, 0.1) is 5.92 Å². The Morgan fingerprint density at radius 2 is 2.16 bits per heavy atom. The first-order chi connectivity index (χ1) is 9.11. The molecule has 3 nitrogen and oxygen atoms in total. The summed E-state index contributed by atoms with van der Waals surface area (Å²) < 4.78 is 5.64. The van der Waals surface area contributed by atoms with E-state index in [0.29, 0.717) is 22.2 Å². The van der Waals surface area contributed by atoms with E-state index in [1.165, 1.54) is 6.42 Å². The minimum absolute atomic E-state index is 0.0446. The molecular weight excluding hydrogens is 262 g/mol. The van der Waals surface area contributed by atoms with E-state index < -0.39 is 0 Å². The number of anilines is 1. The molecule has 1 aliphatic rings. The van der Waals surface area contributed by atoms with E-state index in [1.807, 2.05) is 0 Å². The van der Waals surface area contributed by atoms with Gasteiger partial charge in [-0.1, -0.05) is 24.9 Å². The first-order valence-corrected chi connectivity index (χ1v) is 7.25. The lowest BCUT2D eigenvalue weighted by molar-refractivity contribution is 0.000716. The number of halogens is 1. The lowest BCUT2D eigenvalue weighted by Crippen LogP contribution is -2.29. The quantitative estimate of drug-likeness (QED) is 0.672. The van der Waals surface area contributed by atoms with E-state index in [0.717, 1.165) is 25.7 Å². The van der Waals surface area contributed by atoms with Gasteiger partial charge >= 0.3 is 5.97 Å². The molecule has 0 saturated heterocycles. The van der Waals surface area contributed by atoms with Crippen LogP contribution in [0.2, 0.25) is 5.02 Å². The van der Waals surface area contributed by atoms with Gasteiger partial charge in [0.15, 0.2) is 0 Å². The van der Waals surface area contributed by atoms with Crippen LogP contribution in [0.5, 0.6) is 0 Å². The number of ether oxygens (including phenoxy) is 1. The minimum Gasteiger partial charge on any atom is -0.458 e. The molecule has 2 atom stereocenters. The minimum atomic E-state index is -0.297. The van der Waals surface area contributed by atoms with Crippen molar-refractivity contribution >= 4 is 23.3 Å². The van der Waals surface area contributed by atoms with Crippen LogP contribution in [-0.4, -0.2) is 12.1 Å². The third kappa shape index (κ3) is 3.41. The van der Waals surface area contributed by atoms with Gasteiger partial charge in [-0.25, -0.2) is 4.79 Å². The van der Waals surface area contributed by atoms with Crippen molar-refractivity contribution in [1.29, 1.82) is 0 Å². The maximum atomic E-state index is 12.1. The molecule has 0 aromatic heterocycles. The highest BCUT2D eigenvalue weighted by atomic mass is 35.5. The van der Waals surface area contributed by atoms with Gasteiger partial charge < -0.3 is 10.5 Å². The van der Waals surface area contributed by atoms with Crippen LogP contribution < -0.4 is 5.73 Å². The third-order valence-electron chi connectivity index (χ3n) is 3.85. The van der Waals surface area contributed by atoms with Gasteiger partial charge in [-0.2, -0.15) is 0 Å². The Labute approximate surface area is 119 Å². The van der Waals surface area contributed by atoms with Crippen molar-refractivity contribution in [2.45, 2.75) is 45.1 Å². The van der Waals surface area contributed by atoms with Crippen LogP contribution in [-0.2, 0) is 4.74 Å². The third-order valence-corrected chi connectivity index (χ3v) is 4.20. The predicted octanol–water partition coefficient (Wildman–Crippen LogP) is 4.05. The first kappa shape index (κ1) is 14.2. The summed E-state index contributed by atoms with van der Waals surface area (Å²) in [6.07, 6.45) is 5.59. The summed E-state index contributed by atoms with van der Waals surface area (Å²) >= 11 is 5.85. The first-order valence-electron chi connectivity index (χ1n) is 6.87. The number of rotatable bonds is 3. The van der Waals surface area contributed by atoms with Crippen LogP contribution in [0.4, 0.5) is 5.69 Å². The number of nitrogens with two attached hydrogens (primary N) is 1. The Morgan fingerprint density at radius 3 is 2.84 bits per heavy atom. The average Bonchev–Trinajstić information content (AvgIpc) is 2.42. The molecule has 2 unspecified atom stereocenters. The van der Waals surface area contributed by atoms with E-state index in [9.17, 15) is 4.79 Å². The second kappa shape index (κ2) is 6.29. The molecule has 0 spiro atoms.